The maximum atomic E-state index is 6.00. The molecule has 15 heavy (non-hydrogen) atoms. The standard InChI is InChI=1S/C11H20N4/c1-8-5-4-6-15(8)7-10-9(2)13-14(3)11(10)12/h8H,4-7,12H2,1-3H3. The van der Waals surface area contributed by atoms with E-state index in [0.29, 0.717) is 6.04 Å². The van der Waals surface area contributed by atoms with Crippen molar-refractivity contribution in [3.05, 3.63) is 11.3 Å². The largest absolute Gasteiger partial charge is 0.384 e. The van der Waals surface area contributed by atoms with Gasteiger partial charge in [0.15, 0.2) is 0 Å². The molecule has 1 aliphatic rings. The van der Waals surface area contributed by atoms with E-state index in [1.165, 1.54) is 24.9 Å². The molecule has 0 amide bonds. The maximum absolute atomic E-state index is 6.00. The zero-order valence-electron chi connectivity index (χ0n) is 9.82. The molecule has 0 bridgehead atoms. The van der Waals surface area contributed by atoms with Crippen molar-refractivity contribution in [2.75, 3.05) is 12.3 Å². The van der Waals surface area contributed by atoms with Gasteiger partial charge >= 0.3 is 0 Å². The predicted molar refractivity (Wildman–Crippen MR) is 61.5 cm³/mol. The Labute approximate surface area is 91.1 Å². The van der Waals surface area contributed by atoms with Crippen LogP contribution in [0.1, 0.15) is 31.0 Å². The second-order valence-electron chi connectivity index (χ2n) is 4.53. The van der Waals surface area contributed by atoms with E-state index in [1.807, 2.05) is 14.0 Å². The fourth-order valence-corrected chi connectivity index (χ4v) is 2.35. The summed E-state index contributed by atoms with van der Waals surface area (Å²) in [7, 11) is 1.90. The van der Waals surface area contributed by atoms with E-state index in [9.17, 15) is 0 Å². The van der Waals surface area contributed by atoms with Gasteiger partial charge in [-0.3, -0.25) is 9.58 Å². The molecule has 4 heteroatoms. The molecule has 0 spiro atoms. The van der Waals surface area contributed by atoms with Gasteiger partial charge in [0.1, 0.15) is 5.82 Å². The molecule has 1 atom stereocenters. The van der Waals surface area contributed by atoms with Gasteiger partial charge < -0.3 is 5.73 Å². The molecular weight excluding hydrogens is 188 g/mol. The van der Waals surface area contributed by atoms with Gasteiger partial charge in [0, 0.05) is 25.2 Å². The molecular formula is C11H20N4. The van der Waals surface area contributed by atoms with Gasteiger partial charge in [-0.25, -0.2) is 0 Å². The molecule has 0 saturated carbocycles. The molecule has 1 aromatic heterocycles. The molecule has 1 unspecified atom stereocenters. The Kier molecular flexibility index (Phi) is 2.69. The number of aryl methyl sites for hydroxylation is 2. The summed E-state index contributed by atoms with van der Waals surface area (Å²) in [5.41, 5.74) is 8.26. The van der Waals surface area contributed by atoms with Crippen LogP contribution in [0.15, 0.2) is 0 Å². The lowest BCUT2D eigenvalue weighted by atomic mass is 10.2. The van der Waals surface area contributed by atoms with Crippen molar-refractivity contribution in [3.63, 3.8) is 0 Å². The Morgan fingerprint density at radius 1 is 1.53 bits per heavy atom. The molecule has 2 heterocycles. The summed E-state index contributed by atoms with van der Waals surface area (Å²) in [6.07, 6.45) is 2.61. The quantitative estimate of drug-likeness (QED) is 0.796. The number of nitrogen functional groups attached to an aromatic ring is 1. The minimum Gasteiger partial charge on any atom is -0.384 e. The van der Waals surface area contributed by atoms with E-state index in [4.69, 9.17) is 5.73 Å². The smallest absolute Gasteiger partial charge is 0.126 e. The van der Waals surface area contributed by atoms with Crippen LogP contribution in [0.4, 0.5) is 5.82 Å². The van der Waals surface area contributed by atoms with E-state index in [0.717, 1.165) is 18.1 Å². The van der Waals surface area contributed by atoms with E-state index in [2.05, 4.69) is 16.9 Å². The summed E-state index contributed by atoms with van der Waals surface area (Å²) in [5.74, 6) is 0.812. The summed E-state index contributed by atoms with van der Waals surface area (Å²) < 4.78 is 1.77. The van der Waals surface area contributed by atoms with Crippen LogP contribution in [0.2, 0.25) is 0 Å². The third-order valence-electron chi connectivity index (χ3n) is 3.45. The number of hydrogen-bond donors (Lipinski definition) is 1. The summed E-state index contributed by atoms with van der Waals surface area (Å²) in [5, 5.41) is 4.34. The third kappa shape index (κ3) is 1.86. The molecule has 0 radical (unpaired) electrons. The number of likely N-dealkylation sites (tertiary alicyclic amines) is 1. The van der Waals surface area contributed by atoms with E-state index >= 15 is 0 Å². The first-order valence-corrected chi connectivity index (χ1v) is 5.61. The lowest BCUT2D eigenvalue weighted by molar-refractivity contribution is 0.260. The number of nitrogens with zero attached hydrogens (tertiary/aromatic N) is 3. The first-order chi connectivity index (χ1) is 7.09. The van der Waals surface area contributed by atoms with Crippen molar-refractivity contribution in [2.45, 2.75) is 39.3 Å². The lowest BCUT2D eigenvalue weighted by Crippen LogP contribution is -2.26. The van der Waals surface area contributed by atoms with Crippen LogP contribution in [0.3, 0.4) is 0 Å². The van der Waals surface area contributed by atoms with Gasteiger partial charge in [0.05, 0.1) is 5.69 Å². The van der Waals surface area contributed by atoms with Crippen LogP contribution < -0.4 is 5.73 Å². The first-order valence-electron chi connectivity index (χ1n) is 5.61. The lowest BCUT2D eigenvalue weighted by Gasteiger charge is -2.20. The molecule has 1 saturated heterocycles. The Hall–Kier alpha value is -1.03. The van der Waals surface area contributed by atoms with Crippen LogP contribution in [0.5, 0.6) is 0 Å². The van der Waals surface area contributed by atoms with Crippen molar-refractivity contribution in [1.82, 2.24) is 14.7 Å². The Balaban J connectivity index is 2.16. The van der Waals surface area contributed by atoms with Gasteiger partial charge in [-0.15, -0.1) is 0 Å². The third-order valence-corrected chi connectivity index (χ3v) is 3.45. The zero-order valence-corrected chi connectivity index (χ0v) is 9.82. The average Bonchev–Trinajstić information content (AvgIpc) is 2.67. The highest BCUT2D eigenvalue weighted by molar-refractivity contribution is 5.42. The fourth-order valence-electron chi connectivity index (χ4n) is 2.35. The molecule has 1 aliphatic heterocycles. The Morgan fingerprint density at radius 2 is 2.27 bits per heavy atom. The molecule has 84 valence electrons. The normalized spacial score (nSPS) is 22.5. The minimum absolute atomic E-state index is 0.684. The van der Waals surface area contributed by atoms with Crippen molar-refractivity contribution < 1.29 is 0 Å². The van der Waals surface area contributed by atoms with Gasteiger partial charge in [-0.05, 0) is 33.2 Å². The monoisotopic (exact) mass is 208 g/mol. The van der Waals surface area contributed by atoms with Crippen LogP contribution in [-0.2, 0) is 13.6 Å². The van der Waals surface area contributed by atoms with Crippen LogP contribution >= 0.6 is 0 Å². The fraction of sp³-hybridized carbons (Fsp3) is 0.727. The highest BCUT2D eigenvalue weighted by Crippen LogP contribution is 2.23. The Morgan fingerprint density at radius 3 is 2.73 bits per heavy atom. The molecule has 1 aromatic rings. The molecule has 0 aliphatic carbocycles. The van der Waals surface area contributed by atoms with Crippen molar-refractivity contribution >= 4 is 5.82 Å². The Bertz CT molecular complexity index is 356. The predicted octanol–water partition coefficient (Wildman–Crippen LogP) is 1.30. The molecule has 1 fully saturated rings. The topological polar surface area (TPSA) is 47.1 Å². The van der Waals surface area contributed by atoms with Crippen molar-refractivity contribution in [2.24, 2.45) is 7.05 Å². The molecule has 4 nitrogen and oxygen atoms in total. The SMILES string of the molecule is Cc1nn(C)c(N)c1CN1CCCC1C. The summed E-state index contributed by atoms with van der Waals surface area (Å²) >= 11 is 0. The van der Waals surface area contributed by atoms with Crippen molar-refractivity contribution in [1.29, 1.82) is 0 Å². The highest BCUT2D eigenvalue weighted by atomic mass is 15.3. The van der Waals surface area contributed by atoms with Crippen LogP contribution in [-0.4, -0.2) is 27.3 Å². The summed E-state index contributed by atoms with van der Waals surface area (Å²) in [6, 6.07) is 0.684. The summed E-state index contributed by atoms with van der Waals surface area (Å²) in [4.78, 5) is 2.49. The average molecular weight is 208 g/mol. The summed E-state index contributed by atoms with van der Waals surface area (Å²) in [6.45, 7) is 6.46. The molecule has 2 N–H and O–H groups in total. The van der Waals surface area contributed by atoms with Gasteiger partial charge in [-0.2, -0.15) is 5.10 Å². The molecule has 0 aromatic carbocycles. The number of hydrogen-bond acceptors (Lipinski definition) is 3. The minimum atomic E-state index is 0.684. The second kappa shape index (κ2) is 3.85. The number of nitrogens with two attached hydrogens (primary N) is 1. The number of aromatic nitrogens is 2. The number of rotatable bonds is 2. The number of anilines is 1. The van der Waals surface area contributed by atoms with Gasteiger partial charge in [0.25, 0.3) is 0 Å². The van der Waals surface area contributed by atoms with Gasteiger partial charge in [-0.1, -0.05) is 0 Å². The second-order valence-corrected chi connectivity index (χ2v) is 4.53. The van der Waals surface area contributed by atoms with E-state index < -0.39 is 0 Å². The van der Waals surface area contributed by atoms with Crippen molar-refractivity contribution in [3.8, 4) is 0 Å². The van der Waals surface area contributed by atoms with E-state index in [-0.39, 0.29) is 0 Å². The van der Waals surface area contributed by atoms with Crippen LogP contribution in [0.25, 0.3) is 0 Å². The van der Waals surface area contributed by atoms with Gasteiger partial charge in [0.2, 0.25) is 0 Å². The molecule has 2 rings (SSSR count). The highest BCUT2D eigenvalue weighted by Gasteiger charge is 2.22. The van der Waals surface area contributed by atoms with Crippen LogP contribution in [0, 0.1) is 6.92 Å². The van der Waals surface area contributed by atoms with E-state index in [1.54, 1.807) is 4.68 Å². The zero-order chi connectivity index (χ0) is 11.0. The first kappa shape index (κ1) is 10.5. The maximum Gasteiger partial charge on any atom is 0.126 e.